The molecule has 0 heterocycles. The number of aryl methyl sites for hydroxylation is 1. The van der Waals surface area contributed by atoms with Crippen molar-refractivity contribution in [3.8, 4) is 11.5 Å². The van der Waals surface area contributed by atoms with Crippen LogP contribution in [0, 0.1) is 6.92 Å². The third kappa shape index (κ3) is 4.50. The Kier molecular flexibility index (Phi) is 5.64. The molecule has 2 aromatic carbocycles. The van der Waals surface area contributed by atoms with E-state index in [1.54, 1.807) is 0 Å². The molecule has 0 aromatic heterocycles. The van der Waals surface area contributed by atoms with Gasteiger partial charge >= 0.3 is 0 Å². The van der Waals surface area contributed by atoms with Gasteiger partial charge in [-0.1, -0.05) is 29.8 Å². The Balaban J connectivity index is 1.94. The SMILES string of the molecule is CCOc1ccc(OCC(NC)c2ccc(C)cc2)cc1. The minimum Gasteiger partial charge on any atom is -0.494 e. The number of nitrogens with one attached hydrogen (secondary N) is 1. The molecule has 2 rings (SSSR count). The molecular weight excluding hydrogens is 262 g/mol. The van der Waals surface area contributed by atoms with Gasteiger partial charge in [-0.05, 0) is 50.7 Å². The maximum absolute atomic E-state index is 5.86. The standard InChI is InChI=1S/C18H23NO2/c1-4-20-16-9-11-17(12-10-16)21-13-18(19-3)15-7-5-14(2)6-8-15/h5-12,18-19H,4,13H2,1-3H3. The first-order valence-corrected chi connectivity index (χ1v) is 7.32. The molecule has 0 aliphatic carbocycles. The monoisotopic (exact) mass is 285 g/mol. The van der Waals surface area contributed by atoms with E-state index in [1.165, 1.54) is 11.1 Å². The van der Waals surface area contributed by atoms with Gasteiger partial charge in [0.25, 0.3) is 0 Å². The van der Waals surface area contributed by atoms with Gasteiger partial charge in [0.1, 0.15) is 18.1 Å². The molecule has 0 bridgehead atoms. The summed E-state index contributed by atoms with van der Waals surface area (Å²) < 4.78 is 11.3. The van der Waals surface area contributed by atoms with Crippen molar-refractivity contribution in [2.45, 2.75) is 19.9 Å². The molecular formula is C18H23NO2. The summed E-state index contributed by atoms with van der Waals surface area (Å²) in [5.41, 5.74) is 2.50. The summed E-state index contributed by atoms with van der Waals surface area (Å²) in [4.78, 5) is 0. The van der Waals surface area contributed by atoms with E-state index < -0.39 is 0 Å². The summed E-state index contributed by atoms with van der Waals surface area (Å²) in [6.07, 6.45) is 0. The summed E-state index contributed by atoms with van der Waals surface area (Å²) in [5, 5.41) is 3.29. The number of rotatable bonds is 7. The predicted octanol–water partition coefficient (Wildman–Crippen LogP) is 3.73. The minimum absolute atomic E-state index is 0.178. The Labute approximate surface area is 126 Å². The second-order valence-corrected chi connectivity index (χ2v) is 4.97. The third-order valence-corrected chi connectivity index (χ3v) is 3.38. The van der Waals surface area contributed by atoms with E-state index in [1.807, 2.05) is 38.2 Å². The number of hydrogen-bond donors (Lipinski definition) is 1. The Bertz CT molecular complexity index is 534. The van der Waals surface area contributed by atoms with Crippen molar-refractivity contribution in [2.24, 2.45) is 0 Å². The lowest BCUT2D eigenvalue weighted by Crippen LogP contribution is -2.23. The lowest BCUT2D eigenvalue weighted by Gasteiger charge is -2.18. The fourth-order valence-electron chi connectivity index (χ4n) is 2.12. The van der Waals surface area contributed by atoms with Crippen LogP contribution in [0.5, 0.6) is 11.5 Å². The number of benzene rings is 2. The van der Waals surface area contributed by atoms with E-state index >= 15 is 0 Å². The second kappa shape index (κ2) is 7.70. The molecule has 0 aliphatic heterocycles. The molecule has 0 spiro atoms. The van der Waals surface area contributed by atoms with Gasteiger partial charge in [0.05, 0.1) is 12.6 Å². The van der Waals surface area contributed by atoms with Crippen LogP contribution in [0.2, 0.25) is 0 Å². The van der Waals surface area contributed by atoms with Crippen LogP contribution >= 0.6 is 0 Å². The van der Waals surface area contributed by atoms with Crippen molar-refractivity contribution in [1.29, 1.82) is 0 Å². The van der Waals surface area contributed by atoms with Crippen molar-refractivity contribution < 1.29 is 9.47 Å². The molecule has 112 valence electrons. The zero-order chi connectivity index (χ0) is 15.1. The summed E-state index contributed by atoms with van der Waals surface area (Å²) in [6.45, 7) is 5.33. The van der Waals surface area contributed by atoms with Crippen molar-refractivity contribution in [1.82, 2.24) is 5.32 Å². The highest BCUT2D eigenvalue weighted by molar-refractivity contribution is 5.31. The minimum atomic E-state index is 0.178. The molecule has 1 N–H and O–H groups in total. The van der Waals surface area contributed by atoms with E-state index in [4.69, 9.17) is 9.47 Å². The molecule has 2 aromatic rings. The number of hydrogen-bond acceptors (Lipinski definition) is 3. The average molecular weight is 285 g/mol. The van der Waals surface area contributed by atoms with Crippen LogP contribution in [0.15, 0.2) is 48.5 Å². The van der Waals surface area contributed by atoms with Gasteiger partial charge in [-0.15, -0.1) is 0 Å². The Morgan fingerprint density at radius 3 is 2.00 bits per heavy atom. The van der Waals surface area contributed by atoms with Crippen molar-refractivity contribution in [3.63, 3.8) is 0 Å². The zero-order valence-corrected chi connectivity index (χ0v) is 12.9. The Morgan fingerprint density at radius 1 is 0.905 bits per heavy atom. The smallest absolute Gasteiger partial charge is 0.119 e. The molecule has 0 aliphatic rings. The summed E-state index contributed by atoms with van der Waals surface area (Å²) in [7, 11) is 1.95. The van der Waals surface area contributed by atoms with E-state index in [2.05, 4.69) is 36.5 Å². The molecule has 0 saturated carbocycles. The number of ether oxygens (including phenoxy) is 2. The van der Waals surface area contributed by atoms with E-state index in [0.29, 0.717) is 13.2 Å². The topological polar surface area (TPSA) is 30.5 Å². The fourth-order valence-corrected chi connectivity index (χ4v) is 2.12. The van der Waals surface area contributed by atoms with Gasteiger partial charge in [-0.2, -0.15) is 0 Å². The van der Waals surface area contributed by atoms with Gasteiger partial charge in [0.2, 0.25) is 0 Å². The first-order valence-electron chi connectivity index (χ1n) is 7.32. The van der Waals surface area contributed by atoms with Crippen LogP contribution in [-0.4, -0.2) is 20.3 Å². The van der Waals surface area contributed by atoms with Crippen LogP contribution in [0.3, 0.4) is 0 Å². The summed E-state index contributed by atoms with van der Waals surface area (Å²) >= 11 is 0. The molecule has 21 heavy (non-hydrogen) atoms. The van der Waals surface area contributed by atoms with Gasteiger partial charge in [-0.3, -0.25) is 0 Å². The molecule has 0 radical (unpaired) electrons. The summed E-state index contributed by atoms with van der Waals surface area (Å²) in [6, 6.07) is 16.4. The van der Waals surface area contributed by atoms with E-state index in [9.17, 15) is 0 Å². The third-order valence-electron chi connectivity index (χ3n) is 3.38. The predicted molar refractivity (Wildman–Crippen MR) is 86.1 cm³/mol. The zero-order valence-electron chi connectivity index (χ0n) is 12.9. The molecule has 1 atom stereocenters. The molecule has 3 heteroatoms. The van der Waals surface area contributed by atoms with Gasteiger partial charge in [0.15, 0.2) is 0 Å². The molecule has 0 amide bonds. The van der Waals surface area contributed by atoms with Crippen LogP contribution < -0.4 is 14.8 Å². The van der Waals surface area contributed by atoms with Crippen molar-refractivity contribution >= 4 is 0 Å². The first-order chi connectivity index (χ1) is 10.2. The summed E-state index contributed by atoms with van der Waals surface area (Å²) in [5.74, 6) is 1.72. The van der Waals surface area contributed by atoms with Gasteiger partial charge < -0.3 is 14.8 Å². The molecule has 3 nitrogen and oxygen atoms in total. The molecule has 1 unspecified atom stereocenters. The quantitative estimate of drug-likeness (QED) is 0.840. The van der Waals surface area contributed by atoms with Gasteiger partial charge in [-0.25, -0.2) is 0 Å². The molecule has 0 saturated heterocycles. The Morgan fingerprint density at radius 2 is 1.48 bits per heavy atom. The lowest BCUT2D eigenvalue weighted by atomic mass is 10.1. The highest BCUT2D eigenvalue weighted by Gasteiger charge is 2.09. The lowest BCUT2D eigenvalue weighted by molar-refractivity contribution is 0.272. The average Bonchev–Trinajstić information content (AvgIpc) is 2.51. The van der Waals surface area contributed by atoms with Crippen LogP contribution in [0.25, 0.3) is 0 Å². The largest absolute Gasteiger partial charge is 0.494 e. The van der Waals surface area contributed by atoms with Crippen LogP contribution in [0.4, 0.5) is 0 Å². The Hall–Kier alpha value is -2.00. The van der Waals surface area contributed by atoms with Crippen LogP contribution in [0.1, 0.15) is 24.1 Å². The van der Waals surface area contributed by atoms with Crippen molar-refractivity contribution in [2.75, 3.05) is 20.3 Å². The highest BCUT2D eigenvalue weighted by atomic mass is 16.5. The fraction of sp³-hybridized carbons (Fsp3) is 0.333. The number of likely N-dealkylation sites (N-methyl/N-ethyl adjacent to an activating group) is 1. The highest BCUT2D eigenvalue weighted by Crippen LogP contribution is 2.20. The first kappa shape index (κ1) is 15.4. The second-order valence-electron chi connectivity index (χ2n) is 4.97. The maximum atomic E-state index is 5.86. The van der Waals surface area contributed by atoms with Crippen LogP contribution in [-0.2, 0) is 0 Å². The molecule has 0 fully saturated rings. The van der Waals surface area contributed by atoms with Crippen molar-refractivity contribution in [3.05, 3.63) is 59.7 Å². The van der Waals surface area contributed by atoms with E-state index in [-0.39, 0.29) is 6.04 Å². The normalized spacial score (nSPS) is 12.0. The van der Waals surface area contributed by atoms with Gasteiger partial charge in [0, 0.05) is 0 Å². The van der Waals surface area contributed by atoms with E-state index in [0.717, 1.165) is 11.5 Å². The maximum Gasteiger partial charge on any atom is 0.119 e.